The Bertz CT molecular complexity index is 1610. The molecule has 10 nitrogen and oxygen atoms in total. The highest BCUT2D eigenvalue weighted by Crippen LogP contribution is 2.35. The lowest BCUT2D eigenvalue weighted by Crippen LogP contribution is -2.51. The third-order valence-corrected chi connectivity index (χ3v) is 9.26. The van der Waals surface area contributed by atoms with Crippen LogP contribution in [0.15, 0.2) is 36.7 Å². The standard InChI is InChI=1S/C36H49F3N6O4/c1-22(2)48-34(46)28-20-29-27(12-15-45(29)31(23(28)3)24(4)42-16-18-44(19-17-42)33(39)32(37)38)25-8-9-30(40-21-25)43-13-10-26(11-14-43)41-35(47)49-36(5,6)7/h8-9,12,15,20-22,24,26,32-33H,10-11,13-14,16-19H2,1-7H3,(H,41,47). The molecule has 5 heterocycles. The number of halogens is 3. The Kier molecular flexibility index (Phi) is 11.1. The first-order valence-electron chi connectivity index (χ1n) is 17.1. The Balaban J connectivity index is 1.37. The molecule has 0 aromatic carbocycles. The fourth-order valence-electron chi connectivity index (χ4n) is 6.78. The van der Waals surface area contributed by atoms with Crippen LogP contribution in [0.2, 0.25) is 0 Å². The second-order valence-corrected chi connectivity index (χ2v) is 14.3. The van der Waals surface area contributed by atoms with Crippen LogP contribution in [0.1, 0.15) is 82.0 Å². The van der Waals surface area contributed by atoms with Crippen LogP contribution in [0.3, 0.4) is 0 Å². The zero-order valence-electron chi connectivity index (χ0n) is 29.5. The van der Waals surface area contributed by atoms with Crippen LogP contribution in [0.4, 0.5) is 23.8 Å². The molecule has 0 saturated carbocycles. The van der Waals surface area contributed by atoms with Crippen molar-refractivity contribution in [3.05, 3.63) is 53.5 Å². The van der Waals surface area contributed by atoms with Crippen molar-refractivity contribution in [3.8, 4) is 11.1 Å². The first-order chi connectivity index (χ1) is 23.1. The molecule has 0 radical (unpaired) electrons. The van der Waals surface area contributed by atoms with Crippen LogP contribution >= 0.6 is 0 Å². The summed E-state index contributed by atoms with van der Waals surface area (Å²) in [6.07, 6.45) is -0.666. The maximum atomic E-state index is 14.1. The summed E-state index contributed by atoms with van der Waals surface area (Å²) in [6, 6.07) is 7.71. The molecule has 2 aliphatic heterocycles. The van der Waals surface area contributed by atoms with Gasteiger partial charge in [-0.25, -0.2) is 27.7 Å². The smallest absolute Gasteiger partial charge is 0.407 e. The molecule has 2 saturated heterocycles. The van der Waals surface area contributed by atoms with Crippen molar-refractivity contribution < 1.29 is 32.2 Å². The lowest BCUT2D eigenvalue weighted by Gasteiger charge is -2.39. The molecule has 49 heavy (non-hydrogen) atoms. The van der Waals surface area contributed by atoms with E-state index in [-0.39, 0.29) is 31.3 Å². The molecule has 2 unspecified atom stereocenters. The summed E-state index contributed by atoms with van der Waals surface area (Å²) >= 11 is 0. The first-order valence-corrected chi connectivity index (χ1v) is 17.1. The molecule has 2 fully saturated rings. The number of hydrogen-bond acceptors (Lipinski definition) is 8. The van der Waals surface area contributed by atoms with Crippen LogP contribution in [-0.4, -0.2) is 101 Å². The molecule has 2 atom stereocenters. The quantitative estimate of drug-likeness (QED) is 0.199. The Morgan fingerprint density at radius 1 is 0.959 bits per heavy atom. The number of alkyl halides is 3. The number of pyridine rings is 2. The number of alkyl carbamates (subject to hydrolysis) is 1. The number of fused-ring (bicyclic) bond motifs is 1. The number of carbonyl (C=O) groups is 2. The van der Waals surface area contributed by atoms with E-state index < -0.39 is 30.4 Å². The molecule has 0 bridgehead atoms. The van der Waals surface area contributed by atoms with Gasteiger partial charge in [0, 0.05) is 80.6 Å². The minimum absolute atomic E-state index is 0.0387. The molecule has 1 N–H and O–H groups in total. The maximum absolute atomic E-state index is 14.1. The van der Waals surface area contributed by atoms with Gasteiger partial charge in [0.15, 0.2) is 0 Å². The number of nitrogens with one attached hydrogen (secondary N) is 1. The summed E-state index contributed by atoms with van der Waals surface area (Å²) in [4.78, 5) is 35.9. The largest absolute Gasteiger partial charge is 0.459 e. The number of ether oxygens (including phenoxy) is 2. The zero-order valence-corrected chi connectivity index (χ0v) is 29.5. The highest BCUT2D eigenvalue weighted by atomic mass is 19.3. The van der Waals surface area contributed by atoms with E-state index in [4.69, 9.17) is 14.5 Å². The van der Waals surface area contributed by atoms with E-state index in [0.29, 0.717) is 18.7 Å². The lowest BCUT2D eigenvalue weighted by atomic mass is 9.99. The number of rotatable bonds is 9. The Morgan fingerprint density at radius 3 is 2.18 bits per heavy atom. The Hall–Kier alpha value is -3.84. The van der Waals surface area contributed by atoms with Gasteiger partial charge in [-0.1, -0.05) is 0 Å². The molecular formula is C36H49F3N6O4. The van der Waals surface area contributed by atoms with Gasteiger partial charge in [-0.2, -0.15) is 0 Å². The van der Waals surface area contributed by atoms with Gasteiger partial charge < -0.3 is 24.1 Å². The number of piperidine rings is 1. The minimum Gasteiger partial charge on any atom is -0.459 e. The number of hydrogen-bond donors (Lipinski definition) is 1. The van der Waals surface area contributed by atoms with E-state index in [1.807, 2.05) is 85.1 Å². The number of nitrogens with zero attached hydrogens (tertiary/aromatic N) is 5. The predicted molar refractivity (Wildman–Crippen MR) is 183 cm³/mol. The molecule has 0 spiro atoms. The van der Waals surface area contributed by atoms with Gasteiger partial charge >= 0.3 is 12.1 Å². The molecule has 5 rings (SSSR count). The van der Waals surface area contributed by atoms with Crippen LogP contribution < -0.4 is 10.2 Å². The summed E-state index contributed by atoms with van der Waals surface area (Å²) in [5.41, 5.74) is 4.15. The number of esters is 1. The number of amides is 1. The monoisotopic (exact) mass is 686 g/mol. The third kappa shape index (κ3) is 8.49. The van der Waals surface area contributed by atoms with E-state index in [1.54, 1.807) is 0 Å². The second kappa shape index (κ2) is 15.0. The number of aromatic nitrogens is 2. The summed E-state index contributed by atoms with van der Waals surface area (Å²) in [5.74, 6) is 0.423. The normalized spacial score (nSPS) is 18.2. The van der Waals surface area contributed by atoms with Crippen molar-refractivity contribution >= 4 is 23.4 Å². The van der Waals surface area contributed by atoms with Crippen LogP contribution in [0, 0.1) is 6.92 Å². The average Bonchev–Trinajstić information content (AvgIpc) is 3.46. The Morgan fingerprint density at radius 2 is 1.61 bits per heavy atom. The van der Waals surface area contributed by atoms with Crippen molar-refractivity contribution in [2.75, 3.05) is 44.2 Å². The van der Waals surface area contributed by atoms with Gasteiger partial charge in [0.05, 0.1) is 17.2 Å². The van der Waals surface area contributed by atoms with Crippen molar-refractivity contribution in [1.29, 1.82) is 0 Å². The fraction of sp³-hybridized carbons (Fsp3) is 0.583. The molecule has 3 aromatic heterocycles. The Labute approximate surface area is 286 Å². The van der Waals surface area contributed by atoms with Gasteiger partial charge in [0.2, 0.25) is 6.30 Å². The van der Waals surface area contributed by atoms with E-state index >= 15 is 0 Å². The molecule has 2 aliphatic rings. The first kappa shape index (κ1) is 36.4. The average molecular weight is 687 g/mol. The predicted octanol–water partition coefficient (Wildman–Crippen LogP) is 6.61. The SMILES string of the molecule is Cc1c(C(=O)OC(C)C)cc2c(-c3ccc(N4CCC(NC(=O)OC(C)(C)C)CC4)nc3)ccn2c1C(C)N1CCN(C(F)C(F)F)CC1. The van der Waals surface area contributed by atoms with Crippen molar-refractivity contribution in [3.63, 3.8) is 0 Å². The highest BCUT2D eigenvalue weighted by Gasteiger charge is 2.33. The van der Waals surface area contributed by atoms with Crippen molar-refractivity contribution in [2.45, 2.75) is 97.8 Å². The van der Waals surface area contributed by atoms with E-state index in [9.17, 15) is 22.8 Å². The summed E-state index contributed by atoms with van der Waals surface area (Å²) in [7, 11) is 0. The summed E-state index contributed by atoms with van der Waals surface area (Å²) < 4.78 is 53.2. The zero-order chi connectivity index (χ0) is 35.6. The van der Waals surface area contributed by atoms with Crippen molar-refractivity contribution in [1.82, 2.24) is 24.5 Å². The number of piperazine rings is 1. The van der Waals surface area contributed by atoms with Gasteiger partial charge in [-0.05, 0) is 91.1 Å². The van der Waals surface area contributed by atoms with Crippen molar-refractivity contribution in [2.24, 2.45) is 0 Å². The minimum atomic E-state index is -3.04. The van der Waals surface area contributed by atoms with E-state index in [1.165, 1.54) is 4.90 Å². The molecule has 3 aromatic rings. The number of anilines is 1. The van der Waals surface area contributed by atoms with Gasteiger partial charge in [0.25, 0.3) is 6.43 Å². The molecular weight excluding hydrogens is 637 g/mol. The number of carbonyl (C=O) groups excluding carboxylic acids is 2. The summed E-state index contributed by atoms with van der Waals surface area (Å²) in [6.45, 7) is 15.7. The molecule has 1 amide bonds. The van der Waals surface area contributed by atoms with E-state index in [2.05, 4.69) is 19.5 Å². The lowest BCUT2D eigenvalue weighted by molar-refractivity contribution is -0.0688. The molecule has 13 heteroatoms. The van der Waals surface area contributed by atoms with Crippen LogP contribution in [-0.2, 0) is 9.47 Å². The third-order valence-electron chi connectivity index (χ3n) is 9.26. The molecule has 268 valence electrons. The summed E-state index contributed by atoms with van der Waals surface area (Å²) in [5, 5.41) is 2.97. The van der Waals surface area contributed by atoms with Gasteiger partial charge in [-0.3, -0.25) is 9.80 Å². The van der Waals surface area contributed by atoms with Crippen LogP contribution in [0.5, 0.6) is 0 Å². The van der Waals surface area contributed by atoms with Gasteiger partial charge in [-0.15, -0.1) is 0 Å². The van der Waals surface area contributed by atoms with Gasteiger partial charge in [0.1, 0.15) is 11.4 Å². The second-order valence-electron chi connectivity index (χ2n) is 14.3. The molecule has 0 aliphatic carbocycles. The maximum Gasteiger partial charge on any atom is 0.407 e. The van der Waals surface area contributed by atoms with E-state index in [0.717, 1.165) is 59.7 Å². The van der Waals surface area contributed by atoms with Crippen LogP contribution in [0.25, 0.3) is 16.6 Å². The fourth-order valence-corrected chi connectivity index (χ4v) is 6.78. The topological polar surface area (TPSA) is 91.6 Å². The highest BCUT2D eigenvalue weighted by molar-refractivity contribution is 5.95.